The van der Waals surface area contributed by atoms with Gasteiger partial charge in [0.1, 0.15) is 13.2 Å². The monoisotopic (exact) mass is 1040 g/mol. The Hall–Kier alpha value is -3.93. The van der Waals surface area contributed by atoms with E-state index in [0.29, 0.717) is 19.3 Å². The number of carbonyl (C=O) groups is 3. The molecule has 1 atom stereocenters. The van der Waals surface area contributed by atoms with E-state index in [-0.39, 0.29) is 44.0 Å². The van der Waals surface area contributed by atoms with Crippen LogP contribution >= 0.6 is 0 Å². The average molecular weight is 1040 g/mol. The average Bonchev–Trinajstić information content (AvgIpc) is 3.41. The van der Waals surface area contributed by atoms with Crippen molar-refractivity contribution in [2.45, 2.75) is 297 Å². The highest BCUT2D eigenvalue weighted by Gasteiger charge is 2.19. The molecule has 0 aromatic carbocycles. The molecule has 75 heavy (non-hydrogen) atoms. The summed E-state index contributed by atoms with van der Waals surface area (Å²) in [6.07, 6.45) is 85.3. The number of ether oxygens (including phenoxy) is 3. The molecule has 0 aliphatic carbocycles. The zero-order valence-electron chi connectivity index (χ0n) is 49.0. The molecule has 0 aromatic rings. The van der Waals surface area contributed by atoms with Crippen molar-refractivity contribution < 1.29 is 28.6 Å². The molecule has 0 aromatic heterocycles. The Morgan fingerprint density at radius 1 is 0.280 bits per heavy atom. The van der Waals surface area contributed by atoms with E-state index in [0.717, 1.165) is 96.3 Å². The van der Waals surface area contributed by atoms with Crippen molar-refractivity contribution in [1.82, 2.24) is 0 Å². The molecular formula is C69H116O6. The lowest BCUT2D eigenvalue weighted by atomic mass is 10.0. The van der Waals surface area contributed by atoms with Gasteiger partial charge in [-0.25, -0.2) is 0 Å². The van der Waals surface area contributed by atoms with Crippen LogP contribution in [0.2, 0.25) is 0 Å². The SMILES string of the molecule is CC/C=C\C/C=C\C/C=C\C/C=C\C/C=C\CCCCCC(=O)O[C@H](COC(=O)CCC/C=C\C/C=C\C/C=C\C/C=C\CCCCC)COC(=O)CCCCCCCCCCCCCCCCCCCCCCC. The summed E-state index contributed by atoms with van der Waals surface area (Å²) < 4.78 is 16.8. The van der Waals surface area contributed by atoms with E-state index in [1.54, 1.807) is 0 Å². The van der Waals surface area contributed by atoms with Gasteiger partial charge in [-0.05, 0) is 103 Å². The number of unbranched alkanes of at least 4 members (excludes halogenated alkanes) is 27. The number of allylic oxidation sites excluding steroid dienone is 18. The molecule has 0 aliphatic heterocycles. The normalized spacial score (nSPS) is 12.8. The van der Waals surface area contributed by atoms with E-state index < -0.39 is 6.10 Å². The molecule has 428 valence electrons. The van der Waals surface area contributed by atoms with Crippen LogP contribution in [0.1, 0.15) is 290 Å². The van der Waals surface area contributed by atoms with Crippen molar-refractivity contribution in [2.75, 3.05) is 13.2 Å². The van der Waals surface area contributed by atoms with Crippen LogP contribution in [0.25, 0.3) is 0 Å². The predicted molar refractivity (Wildman–Crippen MR) is 325 cm³/mol. The van der Waals surface area contributed by atoms with Crippen molar-refractivity contribution in [3.8, 4) is 0 Å². The molecule has 6 heteroatoms. The summed E-state index contributed by atoms with van der Waals surface area (Å²) in [6, 6.07) is 0. The van der Waals surface area contributed by atoms with Crippen molar-refractivity contribution in [3.05, 3.63) is 109 Å². The fourth-order valence-corrected chi connectivity index (χ4v) is 8.58. The van der Waals surface area contributed by atoms with Crippen LogP contribution in [0, 0.1) is 0 Å². The Kier molecular flexibility index (Phi) is 59.3. The van der Waals surface area contributed by atoms with Gasteiger partial charge in [0, 0.05) is 19.3 Å². The van der Waals surface area contributed by atoms with E-state index in [1.807, 2.05) is 0 Å². The molecule has 0 bridgehead atoms. The van der Waals surface area contributed by atoms with E-state index in [4.69, 9.17) is 14.2 Å². The van der Waals surface area contributed by atoms with Gasteiger partial charge in [-0.1, -0.05) is 278 Å². The van der Waals surface area contributed by atoms with Gasteiger partial charge in [-0.15, -0.1) is 0 Å². The Morgan fingerprint density at radius 2 is 0.533 bits per heavy atom. The topological polar surface area (TPSA) is 78.9 Å². The molecular weight excluding hydrogens is 925 g/mol. The molecule has 0 spiro atoms. The summed E-state index contributed by atoms with van der Waals surface area (Å²) >= 11 is 0. The number of carbonyl (C=O) groups excluding carboxylic acids is 3. The van der Waals surface area contributed by atoms with Gasteiger partial charge in [-0.3, -0.25) is 14.4 Å². The van der Waals surface area contributed by atoms with Crippen LogP contribution in [0.4, 0.5) is 0 Å². The minimum atomic E-state index is -0.819. The lowest BCUT2D eigenvalue weighted by Gasteiger charge is -2.18. The summed E-state index contributed by atoms with van der Waals surface area (Å²) in [5, 5.41) is 0. The first-order valence-corrected chi connectivity index (χ1v) is 31.4. The van der Waals surface area contributed by atoms with Crippen LogP contribution in [-0.4, -0.2) is 37.2 Å². The summed E-state index contributed by atoms with van der Waals surface area (Å²) in [7, 11) is 0. The molecule has 0 saturated carbocycles. The molecule has 0 aliphatic rings. The van der Waals surface area contributed by atoms with E-state index in [1.165, 1.54) is 141 Å². The van der Waals surface area contributed by atoms with Gasteiger partial charge >= 0.3 is 17.9 Å². The number of rotatable bonds is 56. The van der Waals surface area contributed by atoms with Crippen molar-refractivity contribution in [2.24, 2.45) is 0 Å². The maximum atomic E-state index is 12.9. The number of hydrogen-bond acceptors (Lipinski definition) is 6. The van der Waals surface area contributed by atoms with Crippen LogP contribution < -0.4 is 0 Å². The smallest absolute Gasteiger partial charge is 0.306 e. The molecule has 0 rings (SSSR count). The lowest BCUT2D eigenvalue weighted by molar-refractivity contribution is -0.167. The summed E-state index contributed by atoms with van der Waals surface area (Å²) in [6.45, 7) is 6.45. The van der Waals surface area contributed by atoms with Crippen molar-refractivity contribution in [3.63, 3.8) is 0 Å². The van der Waals surface area contributed by atoms with Crippen molar-refractivity contribution >= 4 is 17.9 Å². The first kappa shape index (κ1) is 71.1. The van der Waals surface area contributed by atoms with Crippen LogP contribution in [0.15, 0.2) is 109 Å². The molecule has 0 heterocycles. The van der Waals surface area contributed by atoms with Crippen molar-refractivity contribution in [1.29, 1.82) is 0 Å². The second-order valence-corrected chi connectivity index (χ2v) is 20.6. The second-order valence-electron chi connectivity index (χ2n) is 20.6. The first-order chi connectivity index (χ1) is 37.0. The minimum Gasteiger partial charge on any atom is -0.462 e. The van der Waals surface area contributed by atoms with E-state index in [9.17, 15) is 14.4 Å². The summed E-state index contributed by atoms with van der Waals surface area (Å²) in [5.41, 5.74) is 0. The van der Waals surface area contributed by atoms with Gasteiger partial charge in [0.15, 0.2) is 6.10 Å². The summed E-state index contributed by atoms with van der Waals surface area (Å²) in [5.74, 6) is -0.992. The van der Waals surface area contributed by atoms with Crippen LogP contribution in [0.5, 0.6) is 0 Å². The first-order valence-electron chi connectivity index (χ1n) is 31.4. The van der Waals surface area contributed by atoms with Gasteiger partial charge in [0.05, 0.1) is 0 Å². The zero-order chi connectivity index (χ0) is 54.3. The fourth-order valence-electron chi connectivity index (χ4n) is 8.58. The molecule has 0 N–H and O–H groups in total. The molecule has 0 unspecified atom stereocenters. The molecule has 0 saturated heterocycles. The maximum Gasteiger partial charge on any atom is 0.306 e. The highest BCUT2D eigenvalue weighted by atomic mass is 16.6. The highest BCUT2D eigenvalue weighted by molar-refractivity contribution is 5.71. The summed E-state index contributed by atoms with van der Waals surface area (Å²) in [4.78, 5) is 38.3. The Morgan fingerprint density at radius 3 is 0.893 bits per heavy atom. The van der Waals surface area contributed by atoms with Crippen LogP contribution in [-0.2, 0) is 28.6 Å². The quantitative estimate of drug-likeness (QED) is 0.0261. The number of hydrogen-bond donors (Lipinski definition) is 0. The Balaban J connectivity index is 4.49. The highest BCUT2D eigenvalue weighted by Crippen LogP contribution is 2.16. The third-order valence-corrected chi connectivity index (χ3v) is 13.3. The molecule has 6 nitrogen and oxygen atoms in total. The minimum absolute atomic E-state index is 0.108. The molecule has 0 radical (unpaired) electrons. The molecule has 0 fully saturated rings. The predicted octanol–water partition coefficient (Wildman–Crippen LogP) is 21.4. The number of esters is 3. The lowest BCUT2D eigenvalue weighted by Crippen LogP contribution is -2.30. The van der Waals surface area contributed by atoms with Crippen LogP contribution in [0.3, 0.4) is 0 Å². The maximum absolute atomic E-state index is 12.9. The molecule has 0 amide bonds. The van der Waals surface area contributed by atoms with Gasteiger partial charge in [0.25, 0.3) is 0 Å². The Labute approximate surface area is 463 Å². The zero-order valence-corrected chi connectivity index (χ0v) is 49.0. The van der Waals surface area contributed by atoms with Gasteiger partial charge < -0.3 is 14.2 Å². The Bertz CT molecular complexity index is 1520. The van der Waals surface area contributed by atoms with E-state index >= 15 is 0 Å². The third-order valence-electron chi connectivity index (χ3n) is 13.3. The largest absolute Gasteiger partial charge is 0.462 e. The second kappa shape index (κ2) is 62.6. The van der Waals surface area contributed by atoms with E-state index in [2.05, 4.69) is 130 Å². The van der Waals surface area contributed by atoms with Gasteiger partial charge in [0.2, 0.25) is 0 Å². The fraction of sp³-hybridized carbons (Fsp3) is 0.696. The standard InChI is InChI=1S/C69H116O6/c1-4-7-10-13-16-19-22-25-28-31-33-34-36-38-41-44-47-50-53-56-59-62-68(71)74-65-66(64-73-67(70)61-58-55-52-49-46-43-40-37-30-27-24-21-18-15-12-9-6-3)75-69(72)63-60-57-54-51-48-45-42-39-35-32-29-26-23-20-17-14-11-8-5-2/h8,11,17-18,20-21,26-27,29-30,35,39-40,43,45,48-49,52,66H,4-7,9-10,12-16,19,22-25,28,31-34,36-38,41-42,44,46-47,50-51,53-65H2,1-3H3/b11-8-,20-17-,21-18-,29-26-,30-27-,39-35-,43-40-,48-45-,52-49-/t66-/m1/s1. The third kappa shape index (κ3) is 60.8. The van der Waals surface area contributed by atoms with Gasteiger partial charge in [-0.2, -0.15) is 0 Å².